The van der Waals surface area contributed by atoms with Gasteiger partial charge in [0.1, 0.15) is 0 Å². The Morgan fingerprint density at radius 1 is 1.20 bits per heavy atom. The molecule has 1 aromatic heterocycles. The van der Waals surface area contributed by atoms with E-state index in [0.29, 0.717) is 5.56 Å². The summed E-state index contributed by atoms with van der Waals surface area (Å²) in [6.45, 7) is 3.80. The lowest BCUT2D eigenvalue weighted by molar-refractivity contribution is 0.0955. The van der Waals surface area contributed by atoms with Crippen LogP contribution in [0.1, 0.15) is 28.4 Å². The largest absolute Gasteiger partial charge is 0.271 e. The van der Waals surface area contributed by atoms with Crippen LogP contribution in [-0.2, 0) is 0 Å². The van der Waals surface area contributed by atoms with Crippen LogP contribution in [0, 0.1) is 6.92 Å². The fourth-order valence-electron chi connectivity index (χ4n) is 1.59. The molecule has 0 aliphatic heterocycles. The van der Waals surface area contributed by atoms with E-state index < -0.39 is 0 Å². The van der Waals surface area contributed by atoms with E-state index in [1.165, 1.54) is 0 Å². The monoisotopic (exact) mass is 331 g/mol. The normalized spacial score (nSPS) is 11.2. The SMILES string of the molecule is C/C(=N\NC(=O)c1ccc(C)c(Br)c1)c1ccncc1. The summed E-state index contributed by atoms with van der Waals surface area (Å²) in [7, 11) is 0. The molecule has 1 aromatic carbocycles. The van der Waals surface area contributed by atoms with E-state index in [0.717, 1.165) is 21.3 Å². The molecule has 0 radical (unpaired) electrons. The van der Waals surface area contributed by atoms with E-state index >= 15 is 0 Å². The zero-order chi connectivity index (χ0) is 14.5. The van der Waals surface area contributed by atoms with Crippen molar-refractivity contribution in [1.29, 1.82) is 0 Å². The van der Waals surface area contributed by atoms with Crippen LogP contribution in [0.4, 0.5) is 0 Å². The number of carbonyl (C=O) groups is 1. The predicted octanol–water partition coefficient (Wildman–Crippen LogP) is 3.31. The van der Waals surface area contributed by atoms with Crippen LogP contribution >= 0.6 is 15.9 Å². The van der Waals surface area contributed by atoms with Crippen molar-refractivity contribution >= 4 is 27.5 Å². The van der Waals surface area contributed by atoms with Crippen molar-refractivity contribution in [2.45, 2.75) is 13.8 Å². The van der Waals surface area contributed by atoms with Crippen LogP contribution in [-0.4, -0.2) is 16.6 Å². The third-order valence-corrected chi connectivity index (χ3v) is 3.71. The Kier molecular flexibility index (Phi) is 4.63. The fourth-order valence-corrected chi connectivity index (χ4v) is 1.97. The van der Waals surface area contributed by atoms with Crippen molar-refractivity contribution in [3.8, 4) is 0 Å². The van der Waals surface area contributed by atoms with Crippen LogP contribution in [0.2, 0.25) is 0 Å². The summed E-state index contributed by atoms with van der Waals surface area (Å²) in [6, 6.07) is 9.12. The highest BCUT2D eigenvalue weighted by Crippen LogP contribution is 2.17. The number of halogens is 1. The van der Waals surface area contributed by atoms with Gasteiger partial charge in [0.2, 0.25) is 0 Å². The number of hydrogen-bond acceptors (Lipinski definition) is 3. The number of amides is 1. The second-order valence-electron chi connectivity index (χ2n) is 4.34. The number of aryl methyl sites for hydroxylation is 1. The van der Waals surface area contributed by atoms with Crippen LogP contribution < -0.4 is 5.43 Å². The van der Waals surface area contributed by atoms with Gasteiger partial charge in [0.05, 0.1) is 5.71 Å². The molecule has 0 aliphatic carbocycles. The molecule has 0 atom stereocenters. The number of carbonyl (C=O) groups excluding carboxylic acids is 1. The van der Waals surface area contributed by atoms with Crippen molar-refractivity contribution < 1.29 is 4.79 Å². The standard InChI is InChI=1S/C15H14BrN3O/c1-10-3-4-13(9-14(10)16)15(20)19-18-11(2)12-5-7-17-8-6-12/h3-9H,1-2H3,(H,19,20)/b18-11+. The maximum absolute atomic E-state index is 12.0. The molecule has 0 aliphatic rings. The molecule has 0 saturated heterocycles. The van der Waals surface area contributed by atoms with Crippen molar-refractivity contribution in [1.82, 2.24) is 10.4 Å². The van der Waals surface area contributed by atoms with Crippen molar-refractivity contribution in [2.24, 2.45) is 5.10 Å². The Hall–Kier alpha value is -2.01. The summed E-state index contributed by atoms with van der Waals surface area (Å²) in [4.78, 5) is 15.9. The predicted molar refractivity (Wildman–Crippen MR) is 82.8 cm³/mol. The molecule has 2 aromatic rings. The van der Waals surface area contributed by atoms with E-state index in [1.54, 1.807) is 24.5 Å². The molecule has 0 unspecified atom stereocenters. The minimum atomic E-state index is -0.237. The molecule has 4 nitrogen and oxygen atoms in total. The maximum atomic E-state index is 12.0. The molecular weight excluding hydrogens is 318 g/mol. The second kappa shape index (κ2) is 6.43. The van der Waals surface area contributed by atoms with Crippen LogP contribution in [0.3, 0.4) is 0 Å². The average Bonchev–Trinajstić information content (AvgIpc) is 2.48. The van der Waals surface area contributed by atoms with Gasteiger partial charge in [-0.3, -0.25) is 9.78 Å². The third kappa shape index (κ3) is 3.51. The van der Waals surface area contributed by atoms with E-state index in [4.69, 9.17) is 0 Å². The summed E-state index contributed by atoms with van der Waals surface area (Å²) in [5, 5.41) is 4.10. The summed E-state index contributed by atoms with van der Waals surface area (Å²) in [5.41, 5.74) is 5.85. The summed E-state index contributed by atoms with van der Waals surface area (Å²) in [6.07, 6.45) is 3.38. The van der Waals surface area contributed by atoms with Gasteiger partial charge in [-0.2, -0.15) is 5.10 Å². The number of pyridine rings is 1. The van der Waals surface area contributed by atoms with E-state index in [2.05, 4.69) is 31.4 Å². The lowest BCUT2D eigenvalue weighted by atomic mass is 10.1. The first kappa shape index (κ1) is 14.4. The Bertz CT molecular complexity index is 653. The zero-order valence-electron chi connectivity index (χ0n) is 11.2. The minimum absolute atomic E-state index is 0.237. The average molecular weight is 332 g/mol. The maximum Gasteiger partial charge on any atom is 0.271 e. The molecule has 0 saturated carbocycles. The van der Waals surface area contributed by atoms with E-state index in [-0.39, 0.29) is 5.91 Å². The third-order valence-electron chi connectivity index (χ3n) is 2.86. The Morgan fingerprint density at radius 2 is 1.90 bits per heavy atom. The number of nitrogens with zero attached hydrogens (tertiary/aromatic N) is 2. The van der Waals surface area contributed by atoms with Crippen LogP contribution in [0.5, 0.6) is 0 Å². The molecule has 5 heteroatoms. The number of benzene rings is 1. The zero-order valence-corrected chi connectivity index (χ0v) is 12.8. The van der Waals surface area contributed by atoms with Gasteiger partial charge in [0.15, 0.2) is 0 Å². The lowest BCUT2D eigenvalue weighted by Gasteiger charge is -2.04. The molecule has 1 amide bonds. The fraction of sp³-hybridized carbons (Fsp3) is 0.133. The summed E-state index contributed by atoms with van der Waals surface area (Å²) in [5.74, 6) is -0.237. The Morgan fingerprint density at radius 3 is 2.55 bits per heavy atom. The smallest absolute Gasteiger partial charge is 0.267 e. The van der Waals surface area contributed by atoms with Gasteiger partial charge >= 0.3 is 0 Å². The highest BCUT2D eigenvalue weighted by atomic mass is 79.9. The quantitative estimate of drug-likeness (QED) is 0.693. The number of hydrazone groups is 1. The van der Waals surface area contributed by atoms with Crippen molar-refractivity contribution in [2.75, 3.05) is 0 Å². The van der Waals surface area contributed by atoms with Gasteiger partial charge in [-0.1, -0.05) is 22.0 Å². The topological polar surface area (TPSA) is 54.4 Å². The Balaban J connectivity index is 2.10. The van der Waals surface area contributed by atoms with Gasteiger partial charge in [-0.05, 0) is 43.7 Å². The van der Waals surface area contributed by atoms with Crippen LogP contribution in [0.15, 0.2) is 52.3 Å². The minimum Gasteiger partial charge on any atom is -0.267 e. The molecular formula is C15H14BrN3O. The number of aromatic nitrogens is 1. The van der Waals surface area contributed by atoms with Crippen molar-refractivity contribution in [3.05, 3.63) is 63.9 Å². The van der Waals surface area contributed by atoms with Gasteiger partial charge < -0.3 is 0 Å². The first-order valence-corrected chi connectivity index (χ1v) is 6.88. The van der Waals surface area contributed by atoms with E-state index in [1.807, 2.05) is 32.0 Å². The highest BCUT2D eigenvalue weighted by Gasteiger charge is 2.06. The van der Waals surface area contributed by atoms with E-state index in [9.17, 15) is 4.79 Å². The van der Waals surface area contributed by atoms with Crippen molar-refractivity contribution in [3.63, 3.8) is 0 Å². The molecule has 0 spiro atoms. The van der Waals surface area contributed by atoms with Gasteiger partial charge in [0, 0.05) is 28.0 Å². The summed E-state index contributed by atoms with van der Waals surface area (Å²) >= 11 is 3.41. The molecule has 1 heterocycles. The number of rotatable bonds is 3. The lowest BCUT2D eigenvalue weighted by Crippen LogP contribution is -2.19. The second-order valence-corrected chi connectivity index (χ2v) is 5.19. The molecule has 0 bridgehead atoms. The Labute approximate surface area is 126 Å². The van der Waals surface area contributed by atoms with Gasteiger partial charge in [0.25, 0.3) is 5.91 Å². The first-order chi connectivity index (χ1) is 9.58. The molecule has 2 rings (SSSR count). The summed E-state index contributed by atoms with van der Waals surface area (Å²) < 4.78 is 0.903. The molecule has 20 heavy (non-hydrogen) atoms. The molecule has 1 N–H and O–H groups in total. The number of nitrogens with one attached hydrogen (secondary N) is 1. The van der Waals surface area contributed by atoms with Gasteiger partial charge in [-0.15, -0.1) is 0 Å². The van der Waals surface area contributed by atoms with Crippen LogP contribution in [0.25, 0.3) is 0 Å². The number of hydrogen-bond donors (Lipinski definition) is 1. The molecule has 0 fully saturated rings. The first-order valence-electron chi connectivity index (χ1n) is 6.09. The highest BCUT2D eigenvalue weighted by molar-refractivity contribution is 9.10. The van der Waals surface area contributed by atoms with Gasteiger partial charge in [-0.25, -0.2) is 5.43 Å². The molecule has 102 valence electrons.